The Balaban J connectivity index is 2.31. The highest BCUT2D eigenvalue weighted by molar-refractivity contribution is 5.73. The van der Waals surface area contributed by atoms with Crippen LogP contribution in [0.1, 0.15) is 45.4 Å². The van der Waals surface area contributed by atoms with Gasteiger partial charge in [0, 0.05) is 13.5 Å². The molecule has 0 unspecified atom stereocenters. The lowest BCUT2D eigenvalue weighted by molar-refractivity contribution is -0.118. The van der Waals surface area contributed by atoms with Crippen molar-refractivity contribution in [2.75, 3.05) is 6.54 Å². The Hall–Kier alpha value is -0.790. The van der Waals surface area contributed by atoms with Gasteiger partial charge in [-0.15, -0.1) is 0 Å². The van der Waals surface area contributed by atoms with Gasteiger partial charge in [0.05, 0.1) is 0 Å². The molecule has 13 heavy (non-hydrogen) atoms. The average Bonchev–Trinajstić information content (AvgIpc) is 2.01. The maximum Gasteiger partial charge on any atom is 0.217 e. The van der Waals surface area contributed by atoms with Crippen LogP contribution in [0.2, 0.25) is 0 Å². The van der Waals surface area contributed by atoms with E-state index in [9.17, 15) is 4.79 Å². The van der Waals surface area contributed by atoms with Crippen LogP contribution in [0.15, 0.2) is 11.6 Å². The molecule has 0 fully saturated rings. The van der Waals surface area contributed by atoms with Gasteiger partial charge in [-0.05, 0) is 25.7 Å². The third kappa shape index (κ3) is 4.71. The minimum atomic E-state index is 0.0722. The molecule has 74 valence electrons. The second-order valence-corrected chi connectivity index (χ2v) is 3.73. The Bertz CT molecular complexity index is 196. The first kappa shape index (κ1) is 10.3. The van der Waals surface area contributed by atoms with Gasteiger partial charge in [0.1, 0.15) is 0 Å². The van der Waals surface area contributed by atoms with Crippen LogP contribution in [-0.4, -0.2) is 12.5 Å². The second kappa shape index (κ2) is 5.79. The first-order valence-corrected chi connectivity index (χ1v) is 5.21. The highest BCUT2D eigenvalue weighted by Crippen LogP contribution is 2.16. The monoisotopic (exact) mass is 181 g/mol. The summed E-state index contributed by atoms with van der Waals surface area (Å²) in [6.45, 7) is 2.33. The first-order valence-electron chi connectivity index (χ1n) is 5.21. The van der Waals surface area contributed by atoms with Gasteiger partial charge in [0.2, 0.25) is 5.91 Å². The third-order valence-electron chi connectivity index (χ3n) is 2.45. The number of nitrogens with one attached hydrogen (secondary N) is 1. The van der Waals surface area contributed by atoms with Crippen molar-refractivity contribution in [3.63, 3.8) is 0 Å². The van der Waals surface area contributed by atoms with Crippen LogP contribution in [0.3, 0.4) is 0 Å². The summed E-state index contributed by atoms with van der Waals surface area (Å²) in [6, 6.07) is 0. The Morgan fingerprint density at radius 1 is 1.38 bits per heavy atom. The zero-order chi connectivity index (χ0) is 9.52. The van der Waals surface area contributed by atoms with Crippen LogP contribution in [-0.2, 0) is 4.79 Å². The van der Waals surface area contributed by atoms with E-state index < -0.39 is 0 Å². The van der Waals surface area contributed by atoms with Crippen molar-refractivity contribution in [1.82, 2.24) is 5.32 Å². The van der Waals surface area contributed by atoms with E-state index in [4.69, 9.17) is 0 Å². The van der Waals surface area contributed by atoms with Gasteiger partial charge >= 0.3 is 0 Å². The minimum Gasteiger partial charge on any atom is -0.353 e. The van der Waals surface area contributed by atoms with Gasteiger partial charge in [-0.25, -0.2) is 0 Å². The number of allylic oxidation sites excluding steroid dienone is 1. The van der Waals surface area contributed by atoms with Crippen molar-refractivity contribution in [3.05, 3.63) is 11.6 Å². The van der Waals surface area contributed by atoms with Crippen LogP contribution >= 0.6 is 0 Å². The first-order chi connectivity index (χ1) is 6.29. The summed E-state index contributed by atoms with van der Waals surface area (Å²) < 4.78 is 0. The summed E-state index contributed by atoms with van der Waals surface area (Å²) in [4.78, 5) is 10.7. The molecule has 1 aliphatic carbocycles. The standard InChI is InChI=1S/C11H19NO/c1-10(13)12-9-11-7-5-3-2-4-6-8-11/h7H,2-6,8-9H2,1H3,(H,12,13)/b11-7+. The maximum atomic E-state index is 10.7. The minimum absolute atomic E-state index is 0.0722. The van der Waals surface area contributed by atoms with Crippen molar-refractivity contribution >= 4 is 5.91 Å². The quantitative estimate of drug-likeness (QED) is 0.651. The molecule has 0 aromatic carbocycles. The molecule has 1 amide bonds. The molecule has 0 heterocycles. The molecule has 0 atom stereocenters. The van der Waals surface area contributed by atoms with E-state index in [2.05, 4.69) is 11.4 Å². The predicted octanol–water partition coefficient (Wildman–Crippen LogP) is 2.40. The third-order valence-corrected chi connectivity index (χ3v) is 2.45. The molecule has 0 saturated heterocycles. The van der Waals surface area contributed by atoms with Gasteiger partial charge in [-0.2, -0.15) is 0 Å². The summed E-state index contributed by atoms with van der Waals surface area (Å²) in [5.74, 6) is 0.0722. The smallest absolute Gasteiger partial charge is 0.217 e. The lowest BCUT2D eigenvalue weighted by Crippen LogP contribution is -2.22. The van der Waals surface area contributed by atoms with Crippen molar-refractivity contribution in [3.8, 4) is 0 Å². The number of hydrogen-bond acceptors (Lipinski definition) is 1. The van der Waals surface area contributed by atoms with Crippen LogP contribution in [0.4, 0.5) is 0 Å². The Morgan fingerprint density at radius 2 is 2.15 bits per heavy atom. The molecule has 1 N–H and O–H groups in total. The van der Waals surface area contributed by atoms with Crippen LogP contribution in [0, 0.1) is 0 Å². The fourth-order valence-corrected chi connectivity index (χ4v) is 1.66. The Morgan fingerprint density at radius 3 is 2.92 bits per heavy atom. The zero-order valence-electron chi connectivity index (χ0n) is 8.44. The summed E-state index contributed by atoms with van der Waals surface area (Å²) in [5, 5.41) is 2.86. The molecule has 0 radical (unpaired) electrons. The molecule has 0 aliphatic heterocycles. The van der Waals surface area contributed by atoms with Crippen molar-refractivity contribution in [2.24, 2.45) is 0 Å². The Labute approximate surface area is 80.4 Å². The second-order valence-electron chi connectivity index (χ2n) is 3.73. The molecule has 1 rings (SSSR count). The fraction of sp³-hybridized carbons (Fsp3) is 0.727. The van der Waals surface area contributed by atoms with E-state index in [-0.39, 0.29) is 5.91 Å². The van der Waals surface area contributed by atoms with Crippen molar-refractivity contribution in [2.45, 2.75) is 45.4 Å². The molecular weight excluding hydrogens is 162 g/mol. The van der Waals surface area contributed by atoms with Gasteiger partial charge < -0.3 is 5.32 Å². The molecule has 0 spiro atoms. The summed E-state index contributed by atoms with van der Waals surface area (Å²) in [6.07, 6.45) is 9.96. The van der Waals surface area contributed by atoms with Gasteiger partial charge in [0.15, 0.2) is 0 Å². The molecule has 0 aromatic heterocycles. The fourth-order valence-electron chi connectivity index (χ4n) is 1.66. The summed E-state index contributed by atoms with van der Waals surface area (Å²) in [5.41, 5.74) is 1.41. The van der Waals surface area contributed by atoms with E-state index in [1.54, 1.807) is 6.92 Å². The highest BCUT2D eigenvalue weighted by atomic mass is 16.1. The van der Waals surface area contributed by atoms with E-state index in [1.165, 1.54) is 44.1 Å². The zero-order valence-corrected chi connectivity index (χ0v) is 8.44. The average molecular weight is 181 g/mol. The van der Waals surface area contributed by atoms with E-state index in [1.807, 2.05) is 0 Å². The van der Waals surface area contributed by atoms with Crippen LogP contribution in [0.5, 0.6) is 0 Å². The SMILES string of the molecule is CC(=O)NC/C1=C/CCCCCC1. The van der Waals surface area contributed by atoms with Crippen molar-refractivity contribution < 1.29 is 4.79 Å². The van der Waals surface area contributed by atoms with Gasteiger partial charge in [-0.3, -0.25) is 4.79 Å². The van der Waals surface area contributed by atoms with E-state index in [0.717, 1.165) is 6.54 Å². The molecule has 2 heteroatoms. The molecule has 1 aliphatic rings. The number of amides is 1. The number of rotatable bonds is 2. The number of hydrogen-bond donors (Lipinski definition) is 1. The molecule has 2 nitrogen and oxygen atoms in total. The largest absolute Gasteiger partial charge is 0.353 e. The van der Waals surface area contributed by atoms with E-state index >= 15 is 0 Å². The predicted molar refractivity (Wildman–Crippen MR) is 54.5 cm³/mol. The summed E-state index contributed by atoms with van der Waals surface area (Å²) in [7, 11) is 0. The van der Waals surface area contributed by atoms with Crippen LogP contribution in [0.25, 0.3) is 0 Å². The normalized spacial score (nSPS) is 22.4. The summed E-state index contributed by atoms with van der Waals surface area (Å²) >= 11 is 0. The maximum absolute atomic E-state index is 10.7. The lowest BCUT2D eigenvalue weighted by atomic mass is 10.00. The van der Waals surface area contributed by atoms with Crippen LogP contribution < -0.4 is 5.32 Å². The Kier molecular flexibility index (Phi) is 4.58. The van der Waals surface area contributed by atoms with Crippen molar-refractivity contribution in [1.29, 1.82) is 0 Å². The van der Waals surface area contributed by atoms with Gasteiger partial charge in [0.25, 0.3) is 0 Å². The molecule has 0 aromatic rings. The lowest BCUT2D eigenvalue weighted by Gasteiger charge is -2.11. The van der Waals surface area contributed by atoms with E-state index in [0.29, 0.717) is 0 Å². The number of carbonyl (C=O) groups is 1. The molecular formula is C11H19NO. The highest BCUT2D eigenvalue weighted by Gasteiger charge is 2.02. The topological polar surface area (TPSA) is 29.1 Å². The molecule has 0 bridgehead atoms. The number of carbonyl (C=O) groups excluding carboxylic acids is 1. The molecule has 0 saturated carbocycles. The van der Waals surface area contributed by atoms with Gasteiger partial charge in [-0.1, -0.05) is 24.5 Å².